The third-order valence-electron chi connectivity index (χ3n) is 6.30. The Morgan fingerprint density at radius 1 is 0.944 bits per heavy atom. The Kier molecular flexibility index (Phi) is 6.49. The maximum absolute atomic E-state index is 13.1. The lowest BCUT2D eigenvalue weighted by Crippen LogP contribution is -2.39. The molecular weight excluding hydrogens is 452 g/mol. The van der Waals surface area contributed by atoms with Crippen molar-refractivity contribution in [2.45, 2.75) is 26.4 Å². The van der Waals surface area contributed by atoms with Gasteiger partial charge in [0.1, 0.15) is 18.3 Å². The highest BCUT2D eigenvalue weighted by Crippen LogP contribution is 2.36. The average molecular weight is 481 g/mol. The standard InChI is InChI=1S/C28H28N6O2/c1-19-4-10-22(11-5-19)25-16-26(23-12-6-20(2)7-13-23)34-28(30-31-32-34)33(25)18-27(35)29-17-21-8-14-24(36-3)15-9-21/h4-16,26H,17-18H2,1-3H3,(H,29,35)/t26-/m0/s1. The van der Waals surface area contributed by atoms with E-state index < -0.39 is 0 Å². The first-order valence-corrected chi connectivity index (χ1v) is 11.8. The first kappa shape index (κ1) is 23.3. The number of nitrogens with one attached hydrogen (secondary N) is 1. The number of amides is 1. The molecular formula is C28H28N6O2. The molecule has 1 N–H and O–H groups in total. The molecule has 4 aromatic rings. The number of aryl methyl sites for hydroxylation is 2. The molecule has 1 atom stereocenters. The van der Waals surface area contributed by atoms with Crippen molar-refractivity contribution in [1.29, 1.82) is 0 Å². The molecule has 1 amide bonds. The molecule has 0 saturated heterocycles. The lowest BCUT2D eigenvalue weighted by atomic mass is 9.99. The van der Waals surface area contributed by atoms with Crippen LogP contribution in [0, 0.1) is 13.8 Å². The van der Waals surface area contributed by atoms with Crippen LogP contribution in [-0.2, 0) is 11.3 Å². The monoisotopic (exact) mass is 480 g/mol. The van der Waals surface area contributed by atoms with Crippen molar-refractivity contribution in [3.8, 4) is 5.75 Å². The summed E-state index contributed by atoms with van der Waals surface area (Å²) >= 11 is 0. The molecule has 0 radical (unpaired) electrons. The zero-order valence-electron chi connectivity index (χ0n) is 20.5. The second-order valence-corrected chi connectivity index (χ2v) is 8.91. The van der Waals surface area contributed by atoms with Gasteiger partial charge in [-0.2, -0.15) is 4.68 Å². The molecule has 0 bridgehead atoms. The molecule has 1 aliphatic heterocycles. The number of nitrogens with zero attached hydrogens (tertiary/aromatic N) is 5. The van der Waals surface area contributed by atoms with Gasteiger partial charge in [0.15, 0.2) is 0 Å². The van der Waals surface area contributed by atoms with E-state index in [-0.39, 0.29) is 18.5 Å². The summed E-state index contributed by atoms with van der Waals surface area (Å²) in [5.41, 5.74) is 6.30. The number of fused-ring (bicyclic) bond motifs is 1. The van der Waals surface area contributed by atoms with Crippen molar-refractivity contribution < 1.29 is 9.53 Å². The van der Waals surface area contributed by atoms with E-state index in [4.69, 9.17) is 4.74 Å². The maximum Gasteiger partial charge on any atom is 0.251 e. The molecule has 0 aliphatic carbocycles. The zero-order chi connectivity index (χ0) is 25.1. The second-order valence-electron chi connectivity index (χ2n) is 8.91. The van der Waals surface area contributed by atoms with Gasteiger partial charge in [-0.3, -0.25) is 9.69 Å². The van der Waals surface area contributed by atoms with E-state index >= 15 is 0 Å². The van der Waals surface area contributed by atoms with E-state index in [0.717, 1.165) is 28.1 Å². The highest BCUT2D eigenvalue weighted by atomic mass is 16.5. The third kappa shape index (κ3) is 4.84. The number of allylic oxidation sites excluding steroid dienone is 1. The van der Waals surface area contributed by atoms with Crippen molar-refractivity contribution in [2.75, 3.05) is 18.6 Å². The molecule has 1 aromatic heterocycles. The van der Waals surface area contributed by atoms with E-state index in [0.29, 0.717) is 12.5 Å². The number of hydrogen-bond donors (Lipinski definition) is 1. The highest BCUT2D eigenvalue weighted by molar-refractivity contribution is 5.89. The van der Waals surface area contributed by atoms with Crippen LogP contribution in [0.2, 0.25) is 0 Å². The smallest absolute Gasteiger partial charge is 0.251 e. The summed E-state index contributed by atoms with van der Waals surface area (Å²) < 4.78 is 6.97. The molecule has 8 nitrogen and oxygen atoms in total. The van der Waals surface area contributed by atoms with Gasteiger partial charge in [-0.15, -0.1) is 0 Å². The maximum atomic E-state index is 13.1. The minimum absolute atomic E-state index is 0.0802. The number of methoxy groups -OCH3 is 1. The molecule has 2 heterocycles. The van der Waals surface area contributed by atoms with Gasteiger partial charge in [-0.25, -0.2) is 0 Å². The molecule has 182 valence electrons. The number of tetrazole rings is 1. The van der Waals surface area contributed by atoms with Crippen molar-refractivity contribution in [3.63, 3.8) is 0 Å². The van der Waals surface area contributed by atoms with E-state index in [9.17, 15) is 4.79 Å². The molecule has 8 heteroatoms. The van der Waals surface area contributed by atoms with Crippen molar-refractivity contribution in [1.82, 2.24) is 25.5 Å². The van der Waals surface area contributed by atoms with Crippen molar-refractivity contribution in [3.05, 3.63) is 107 Å². The van der Waals surface area contributed by atoms with Crippen LogP contribution in [0.4, 0.5) is 5.95 Å². The Bertz CT molecular complexity index is 1380. The Balaban J connectivity index is 1.44. The summed E-state index contributed by atoms with van der Waals surface area (Å²) in [5.74, 6) is 1.17. The predicted molar refractivity (Wildman–Crippen MR) is 138 cm³/mol. The fourth-order valence-electron chi connectivity index (χ4n) is 4.24. The molecule has 5 rings (SSSR count). The first-order chi connectivity index (χ1) is 17.5. The Morgan fingerprint density at radius 2 is 1.61 bits per heavy atom. The molecule has 3 aromatic carbocycles. The SMILES string of the molecule is COc1ccc(CNC(=O)CN2C(c3ccc(C)cc3)=C[C@@H](c3ccc(C)cc3)n3nnnc32)cc1. The Hall–Kier alpha value is -4.46. The van der Waals surface area contributed by atoms with Gasteiger partial charge in [-0.05, 0) is 59.2 Å². The lowest BCUT2D eigenvalue weighted by Gasteiger charge is -2.32. The van der Waals surface area contributed by atoms with Crippen LogP contribution in [0.25, 0.3) is 5.70 Å². The number of carbonyl (C=O) groups excluding carboxylic acids is 1. The van der Waals surface area contributed by atoms with E-state index in [2.05, 4.69) is 89.3 Å². The molecule has 0 saturated carbocycles. The van der Waals surface area contributed by atoms with Crippen molar-refractivity contribution in [2.24, 2.45) is 0 Å². The van der Waals surface area contributed by atoms with Crippen LogP contribution in [0.1, 0.15) is 33.9 Å². The minimum Gasteiger partial charge on any atom is -0.497 e. The van der Waals surface area contributed by atoms with Crippen molar-refractivity contribution >= 4 is 17.6 Å². The van der Waals surface area contributed by atoms with Crippen LogP contribution in [0.5, 0.6) is 5.75 Å². The van der Waals surface area contributed by atoms with E-state index in [1.165, 1.54) is 11.1 Å². The minimum atomic E-state index is -0.189. The highest BCUT2D eigenvalue weighted by Gasteiger charge is 2.31. The van der Waals surface area contributed by atoms with E-state index in [1.807, 2.05) is 29.2 Å². The normalized spacial score (nSPS) is 14.7. The molecule has 36 heavy (non-hydrogen) atoms. The van der Waals surface area contributed by atoms with Gasteiger partial charge in [0.2, 0.25) is 5.91 Å². The molecule has 1 aliphatic rings. The molecule has 0 fully saturated rings. The molecule has 0 spiro atoms. The van der Waals surface area contributed by atoms with Gasteiger partial charge < -0.3 is 10.1 Å². The summed E-state index contributed by atoms with van der Waals surface area (Å²) in [4.78, 5) is 15.0. The van der Waals surface area contributed by atoms with Crippen LogP contribution in [0.3, 0.4) is 0 Å². The van der Waals surface area contributed by atoms with Gasteiger partial charge in [0, 0.05) is 6.54 Å². The number of rotatable bonds is 7. The number of benzene rings is 3. The Morgan fingerprint density at radius 3 is 2.28 bits per heavy atom. The summed E-state index contributed by atoms with van der Waals surface area (Å²) in [7, 11) is 1.63. The summed E-state index contributed by atoms with van der Waals surface area (Å²) in [5, 5.41) is 15.5. The summed E-state index contributed by atoms with van der Waals surface area (Å²) in [6.07, 6.45) is 2.12. The van der Waals surface area contributed by atoms with Gasteiger partial charge >= 0.3 is 0 Å². The first-order valence-electron chi connectivity index (χ1n) is 11.8. The summed E-state index contributed by atoms with van der Waals surface area (Å²) in [6.45, 7) is 4.61. The van der Waals surface area contributed by atoms with Crippen LogP contribution >= 0.6 is 0 Å². The van der Waals surface area contributed by atoms with E-state index in [1.54, 1.807) is 11.8 Å². The number of aromatic nitrogens is 4. The quantitative estimate of drug-likeness (QED) is 0.429. The van der Waals surface area contributed by atoms with Crippen LogP contribution in [-0.4, -0.2) is 39.8 Å². The largest absolute Gasteiger partial charge is 0.497 e. The van der Waals surface area contributed by atoms with Gasteiger partial charge in [-0.1, -0.05) is 76.9 Å². The third-order valence-corrected chi connectivity index (χ3v) is 6.30. The lowest BCUT2D eigenvalue weighted by molar-refractivity contribution is -0.119. The van der Waals surface area contributed by atoms with Gasteiger partial charge in [0.05, 0.1) is 12.8 Å². The zero-order valence-corrected chi connectivity index (χ0v) is 20.5. The van der Waals surface area contributed by atoms with Crippen LogP contribution < -0.4 is 15.0 Å². The number of hydrogen-bond acceptors (Lipinski definition) is 6. The number of anilines is 1. The molecule has 0 unspecified atom stereocenters. The number of ether oxygens (including phenoxy) is 1. The number of carbonyl (C=O) groups is 1. The fourth-order valence-corrected chi connectivity index (χ4v) is 4.24. The van der Waals surface area contributed by atoms with Gasteiger partial charge in [0.25, 0.3) is 5.95 Å². The second kappa shape index (κ2) is 10.0. The predicted octanol–water partition coefficient (Wildman–Crippen LogP) is 4.07. The summed E-state index contributed by atoms with van der Waals surface area (Å²) in [6, 6.07) is 24.0. The van der Waals surface area contributed by atoms with Crippen LogP contribution in [0.15, 0.2) is 78.9 Å². The topological polar surface area (TPSA) is 85.2 Å². The fraction of sp³-hybridized carbons (Fsp3) is 0.214. The Labute approximate surface area is 210 Å². The average Bonchev–Trinajstić information content (AvgIpc) is 3.39.